The van der Waals surface area contributed by atoms with Crippen LogP contribution < -0.4 is 5.32 Å². The molecule has 1 N–H and O–H groups in total. The highest BCUT2D eigenvalue weighted by molar-refractivity contribution is 5.73. The maximum Gasteiger partial charge on any atom is 0.285 e. The summed E-state index contributed by atoms with van der Waals surface area (Å²) >= 11 is 0. The van der Waals surface area contributed by atoms with Crippen molar-refractivity contribution < 1.29 is 23.7 Å². The molecule has 0 spiro atoms. The number of hydrogen-bond acceptors (Lipinski definition) is 6. The first kappa shape index (κ1) is 20.1. The summed E-state index contributed by atoms with van der Waals surface area (Å²) in [5.41, 5.74) is 1.08. The van der Waals surface area contributed by atoms with Crippen LogP contribution in [0, 0.1) is 0 Å². The van der Waals surface area contributed by atoms with E-state index in [1.165, 1.54) is 0 Å². The first-order chi connectivity index (χ1) is 12.8. The van der Waals surface area contributed by atoms with Crippen LogP contribution in [0.1, 0.15) is 33.3 Å². The van der Waals surface area contributed by atoms with Crippen molar-refractivity contribution in [3.63, 3.8) is 0 Å². The summed E-state index contributed by atoms with van der Waals surface area (Å²) in [6, 6.07) is 10.5. The molecule has 1 aromatic rings. The molecule has 0 saturated carbocycles. The van der Waals surface area contributed by atoms with E-state index in [0.29, 0.717) is 38.9 Å². The van der Waals surface area contributed by atoms with Crippen LogP contribution in [0.2, 0.25) is 0 Å². The maximum absolute atomic E-state index is 5.90. The molecule has 0 aromatic heterocycles. The van der Waals surface area contributed by atoms with E-state index in [9.17, 15) is 0 Å². The second kappa shape index (κ2) is 8.56. The summed E-state index contributed by atoms with van der Waals surface area (Å²) in [6.45, 7) is 10.2. The Morgan fingerprint density at radius 2 is 1.67 bits per heavy atom. The molecule has 2 heterocycles. The highest BCUT2D eigenvalue weighted by atomic mass is 16.7. The van der Waals surface area contributed by atoms with Crippen molar-refractivity contribution >= 4 is 6.02 Å². The molecule has 2 aliphatic heterocycles. The molecule has 7 nitrogen and oxygen atoms in total. The molecule has 0 radical (unpaired) electrons. The summed E-state index contributed by atoms with van der Waals surface area (Å²) in [4.78, 5) is 4.57. The Hall–Kier alpha value is -1.67. The fourth-order valence-corrected chi connectivity index (χ4v) is 2.98. The summed E-state index contributed by atoms with van der Waals surface area (Å²) in [5, 5.41) is 3.24. The molecule has 0 aliphatic carbocycles. The highest BCUT2D eigenvalue weighted by Gasteiger charge is 2.33. The van der Waals surface area contributed by atoms with Crippen LogP contribution in [0.4, 0.5) is 0 Å². The summed E-state index contributed by atoms with van der Waals surface area (Å²) in [7, 11) is 0. The fraction of sp³-hybridized carbons (Fsp3) is 0.650. The van der Waals surface area contributed by atoms with Gasteiger partial charge in [-0.3, -0.25) is 0 Å². The second-order valence-corrected chi connectivity index (χ2v) is 7.70. The molecule has 0 amide bonds. The number of nitrogens with zero attached hydrogens (tertiary/aromatic N) is 1. The number of hydrogen-bond donors (Lipinski definition) is 1. The van der Waals surface area contributed by atoms with Crippen LogP contribution in [-0.2, 0) is 30.3 Å². The van der Waals surface area contributed by atoms with Gasteiger partial charge in [0.05, 0.1) is 19.8 Å². The predicted molar refractivity (Wildman–Crippen MR) is 101 cm³/mol. The van der Waals surface area contributed by atoms with Gasteiger partial charge < -0.3 is 29.0 Å². The van der Waals surface area contributed by atoms with Crippen LogP contribution in [0.15, 0.2) is 35.3 Å². The Bertz CT molecular complexity index is 633. The predicted octanol–water partition coefficient (Wildman–Crippen LogP) is 2.45. The lowest BCUT2D eigenvalue weighted by Crippen LogP contribution is -2.36. The molecule has 2 atom stereocenters. The van der Waals surface area contributed by atoms with E-state index in [0.717, 1.165) is 5.56 Å². The van der Waals surface area contributed by atoms with E-state index in [-0.39, 0.29) is 12.2 Å². The molecule has 2 aliphatic rings. The van der Waals surface area contributed by atoms with Crippen LogP contribution in [-0.4, -0.2) is 56.1 Å². The Morgan fingerprint density at radius 1 is 1.04 bits per heavy atom. The first-order valence-corrected chi connectivity index (χ1v) is 9.40. The number of nitrogens with one attached hydrogen (secondary N) is 1. The van der Waals surface area contributed by atoms with E-state index in [4.69, 9.17) is 23.7 Å². The normalized spacial score (nSPS) is 26.9. The second-order valence-electron chi connectivity index (χ2n) is 7.70. The molecular formula is C20H30N2O5. The lowest BCUT2D eigenvalue weighted by atomic mass is 10.2. The van der Waals surface area contributed by atoms with Crippen molar-refractivity contribution in [3.8, 4) is 0 Å². The van der Waals surface area contributed by atoms with Gasteiger partial charge in [-0.05, 0) is 33.3 Å². The van der Waals surface area contributed by atoms with E-state index in [2.05, 4.69) is 10.3 Å². The summed E-state index contributed by atoms with van der Waals surface area (Å²) in [6.07, 6.45) is -0.127. The minimum Gasteiger partial charge on any atom is -0.460 e. The first-order valence-electron chi connectivity index (χ1n) is 9.40. The molecule has 1 aromatic carbocycles. The largest absolute Gasteiger partial charge is 0.460 e. The van der Waals surface area contributed by atoms with Gasteiger partial charge in [0, 0.05) is 6.54 Å². The third kappa shape index (κ3) is 6.46. The van der Waals surface area contributed by atoms with Crippen molar-refractivity contribution in [2.24, 2.45) is 4.99 Å². The van der Waals surface area contributed by atoms with Crippen LogP contribution in [0.25, 0.3) is 0 Å². The van der Waals surface area contributed by atoms with Gasteiger partial charge in [-0.25, -0.2) is 4.99 Å². The molecule has 0 bridgehead atoms. The van der Waals surface area contributed by atoms with Crippen molar-refractivity contribution in [2.45, 2.75) is 58.1 Å². The minimum atomic E-state index is -0.556. The van der Waals surface area contributed by atoms with Gasteiger partial charge >= 0.3 is 0 Å². The van der Waals surface area contributed by atoms with Gasteiger partial charge in [0.15, 0.2) is 11.6 Å². The third-order valence-corrected chi connectivity index (χ3v) is 4.27. The van der Waals surface area contributed by atoms with Gasteiger partial charge in [-0.2, -0.15) is 0 Å². The Balaban J connectivity index is 1.55. The lowest BCUT2D eigenvalue weighted by molar-refractivity contribution is -0.137. The zero-order valence-corrected chi connectivity index (χ0v) is 16.6. The molecular weight excluding hydrogens is 348 g/mol. The molecule has 2 saturated heterocycles. The Morgan fingerprint density at radius 3 is 2.26 bits per heavy atom. The SMILES string of the molecule is CC1(C)OCC(CN=C(NCC2COC(C)(C)O2)OCc2ccccc2)O1. The average Bonchev–Trinajstić information content (AvgIpc) is 3.16. The van der Waals surface area contributed by atoms with Crippen molar-refractivity contribution in [1.82, 2.24) is 5.32 Å². The topological polar surface area (TPSA) is 70.5 Å². The summed E-state index contributed by atoms with van der Waals surface area (Å²) < 4.78 is 28.7. The number of ether oxygens (including phenoxy) is 5. The zero-order valence-electron chi connectivity index (χ0n) is 16.6. The van der Waals surface area contributed by atoms with Gasteiger partial charge in [-0.1, -0.05) is 30.3 Å². The van der Waals surface area contributed by atoms with Gasteiger partial charge in [0.25, 0.3) is 6.02 Å². The Kier molecular flexibility index (Phi) is 6.37. The van der Waals surface area contributed by atoms with E-state index >= 15 is 0 Å². The number of rotatable bonds is 6. The molecule has 150 valence electrons. The van der Waals surface area contributed by atoms with Crippen LogP contribution in [0.5, 0.6) is 0 Å². The fourth-order valence-electron chi connectivity index (χ4n) is 2.98. The van der Waals surface area contributed by atoms with Crippen molar-refractivity contribution in [3.05, 3.63) is 35.9 Å². The number of benzene rings is 1. The standard InChI is InChI=1S/C20H30N2O5/c1-19(2)24-13-16(26-19)10-21-18(23-12-15-8-6-5-7-9-15)22-11-17-14-25-20(3,4)27-17/h5-9,16-17H,10-14H2,1-4H3,(H,21,22). The maximum atomic E-state index is 5.90. The minimum absolute atomic E-state index is 0.0458. The Labute approximate surface area is 161 Å². The highest BCUT2D eigenvalue weighted by Crippen LogP contribution is 2.23. The molecule has 7 heteroatoms. The molecule has 2 unspecified atom stereocenters. The van der Waals surface area contributed by atoms with Crippen molar-refractivity contribution in [1.29, 1.82) is 0 Å². The molecule has 3 rings (SSSR count). The summed E-state index contributed by atoms with van der Waals surface area (Å²) in [5.74, 6) is -1.10. The smallest absolute Gasteiger partial charge is 0.285 e. The van der Waals surface area contributed by atoms with Crippen LogP contribution >= 0.6 is 0 Å². The van der Waals surface area contributed by atoms with Crippen LogP contribution in [0.3, 0.4) is 0 Å². The number of aliphatic imine (C=N–C) groups is 1. The van der Waals surface area contributed by atoms with Gasteiger partial charge in [0.2, 0.25) is 0 Å². The third-order valence-electron chi connectivity index (χ3n) is 4.27. The average molecular weight is 378 g/mol. The monoisotopic (exact) mass is 378 g/mol. The van der Waals surface area contributed by atoms with E-state index in [1.54, 1.807) is 0 Å². The lowest BCUT2D eigenvalue weighted by Gasteiger charge is -2.19. The van der Waals surface area contributed by atoms with Gasteiger partial charge in [0.1, 0.15) is 18.8 Å². The zero-order chi connectivity index (χ0) is 19.3. The van der Waals surface area contributed by atoms with Gasteiger partial charge in [-0.15, -0.1) is 0 Å². The quantitative estimate of drug-likeness (QED) is 0.606. The van der Waals surface area contributed by atoms with E-state index in [1.807, 2.05) is 58.0 Å². The van der Waals surface area contributed by atoms with E-state index < -0.39 is 11.6 Å². The molecule has 2 fully saturated rings. The van der Waals surface area contributed by atoms with Crippen molar-refractivity contribution in [2.75, 3.05) is 26.3 Å². The molecule has 27 heavy (non-hydrogen) atoms. The number of amidine groups is 1.